The van der Waals surface area contributed by atoms with Crippen molar-refractivity contribution in [2.75, 3.05) is 20.6 Å². The van der Waals surface area contributed by atoms with Crippen LogP contribution < -0.4 is 5.32 Å². The van der Waals surface area contributed by atoms with Gasteiger partial charge in [0, 0.05) is 20.5 Å². The van der Waals surface area contributed by atoms with E-state index >= 15 is 0 Å². The molecule has 15 heavy (non-hydrogen) atoms. The Morgan fingerprint density at radius 2 is 1.93 bits per heavy atom. The zero-order valence-corrected chi connectivity index (χ0v) is 9.19. The molecule has 6 heteroatoms. The number of nitrogens with zero attached hydrogens (tertiary/aromatic N) is 1. The highest BCUT2D eigenvalue weighted by Crippen LogP contribution is 2.20. The van der Waals surface area contributed by atoms with E-state index in [0.717, 1.165) is 0 Å². The minimum Gasteiger partial charge on any atom is -0.347 e. The molecule has 3 nitrogen and oxygen atoms in total. The molecule has 1 unspecified atom stereocenters. The van der Waals surface area contributed by atoms with Crippen molar-refractivity contribution in [3.05, 3.63) is 0 Å². The maximum Gasteiger partial charge on any atom is 0.389 e. The SMILES string of the molecule is CC(NCCCC(F)(F)F)C(=O)N(C)C. The molecule has 1 atom stereocenters. The minimum absolute atomic E-state index is 0.00541. The van der Waals surface area contributed by atoms with Crippen LogP contribution in [0.1, 0.15) is 19.8 Å². The van der Waals surface area contributed by atoms with E-state index in [0.29, 0.717) is 0 Å². The molecular weight excluding hydrogens is 209 g/mol. The number of hydrogen-bond donors (Lipinski definition) is 1. The number of rotatable bonds is 5. The van der Waals surface area contributed by atoms with E-state index in [-0.39, 0.29) is 18.9 Å². The fourth-order valence-corrected chi connectivity index (χ4v) is 1.08. The summed E-state index contributed by atoms with van der Waals surface area (Å²) in [5.41, 5.74) is 0. The summed E-state index contributed by atoms with van der Waals surface area (Å²) in [5, 5.41) is 2.75. The lowest BCUT2D eigenvalue weighted by Gasteiger charge is -2.18. The number of carbonyl (C=O) groups is 1. The topological polar surface area (TPSA) is 32.3 Å². The van der Waals surface area contributed by atoms with Crippen molar-refractivity contribution in [3.63, 3.8) is 0 Å². The average Bonchev–Trinajstić information content (AvgIpc) is 2.09. The van der Waals surface area contributed by atoms with Crippen LogP contribution in [0.5, 0.6) is 0 Å². The molecule has 0 radical (unpaired) electrons. The van der Waals surface area contributed by atoms with Gasteiger partial charge in [-0.3, -0.25) is 4.79 Å². The van der Waals surface area contributed by atoms with E-state index in [9.17, 15) is 18.0 Å². The van der Waals surface area contributed by atoms with Gasteiger partial charge in [0.15, 0.2) is 0 Å². The Morgan fingerprint density at radius 1 is 1.40 bits per heavy atom. The molecule has 0 spiro atoms. The van der Waals surface area contributed by atoms with Crippen LogP contribution in [0, 0.1) is 0 Å². The van der Waals surface area contributed by atoms with E-state index in [4.69, 9.17) is 0 Å². The Labute approximate surface area is 87.6 Å². The van der Waals surface area contributed by atoms with E-state index in [2.05, 4.69) is 5.32 Å². The van der Waals surface area contributed by atoms with Crippen molar-refractivity contribution in [1.29, 1.82) is 0 Å². The highest BCUT2D eigenvalue weighted by Gasteiger charge is 2.26. The van der Waals surface area contributed by atoms with Crippen molar-refractivity contribution in [2.45, 2.75) is 32.0 Å². The number of alkyl halides is 3. The average molecular weight is 226 g/mol. The summed E-state index contributed by atoms with van der Waals surface area (Å²) in [6.07, 6.45) is -4.94. The van der Waals surface area contributed by atoms with Crippen LogP contribution in [-0.2, 0) is 4.79 Å². The molecule has 0 fully saturated rings. The predicted molar refractivity (Wildman–Crippen MR) is 51.4 cm³/mol. The summed E-state index contributed by atoms with van der Waals surface area (Å²) in [4.78, 5) is 12.7. The van der Waals surface area contributed by atoms with Gasteiger partial charge >= 0.3 is 6.18 Å². The normalized spacial score (nSPS) is 13.7. The van der Waals surface area contributed by atoms with Gasteiger partial charge in [-0.2, -0.15) is 13.2 Å². The molecule has 0 bridgehead atoms. The number of hydrogen-bond acceptors (Lipinski definition) is 2. The molecule has 1 N–H and O–H groups in total. The lowest BCUT2D eigenvalue weighted by Crippen LogP contribution is -2.41. The van der Waals surface area contributed by atoms with E-state index in [1.54, 1.807) is 21.0 Å². The molecule has 0 saturated carbocycles. The highest BCUT2D eigenvalue weighted by molar-refractivity contribution is 5.80. The van der Waals surface area contributed by atoms with Crippen molar-refractivity contribution >= 4 is 5.91 Å². The van der Waals surface area contributed by atoms with Crippen molar-refractivity contribution in [2.24, 2.45) is 0 Å². The maximum absolute atomic E-state index is 11.8. The van der Waals surface area contributed by atoms with Crippen LogP contribution in [0.4, 0.5) is 13.2 Å². The fraction of sp³-hybridized carbons (Fsp3) is 0.889. The standard InChI is InChI=1S/C9H17F3N2O/c1-7(8(15)14(2)3)13-6-4-5-9(10,11)12/h7,13H,4-6H2,1-3H3. The van der Waals surface area contributed by atoms with Gasteiger partial charge < -0.3 is 10.2 Å². The summed E-state index contributed by atoms with van der Waals surface area (Å²) in [7, 11) is 3.21. The van der Waals surface area contributed by atoms with Crippen LogP contribution in [-0.4, -0.2) is 43.7 Å². The lowest BCUT2D eigenvalue weighted by atomic mass is 10.2. The third kappa shape index (κ3) is 7.18. The molecule has 0 aromatic carbocycles. The predicted octanol–water partition coefficient (Wildman–Crippen LogP) is 1.40. The molecule has 90 valence electrons. The minimum atomic E-state index is -4.11. The van der Waals surface area contributed by atoms with Crippen LogP contribution in [0.25, 0.3) is 0 Å². The van der Waals surface area contributed by atoms with Crippen molar-refractivity contribution in [1.82, 2.24) is 10.2 Å². The summed E-state index contributed by atoms with van der Waals surface area (Å²) in [6, 6.07) is -0.437. The first kappa shape index (κ1) is 14.2. The molecule has 0 aliphatic carbocycles. The smallest absolute Gasteiger partial charge is 0.347 e. The first-order valence-corrected chi connectivity index (χ1v) is 4.75. The number of carbonyl (C=O) groups excluding carboxylic acids is 1. The summed E-state index contributed by atoms with van der Waals surface area (Å²) in [5.74, 6) is -0.137. The van der Waals surface area contributed by atoms with Crippen LogP contribution >= 0.6 is 0 Å². The van der Waals surface area contributed by atoms with E-state index < -0.39 is 18.6 Å². The Kier molecular flexibility index (Phi) is 5.64. The second-order valence-corrected chi connectivity index (χ2v) is 3.63. The fourth-order valence-electron chi connectivity index (χ4n) is 1.08. The Hall–Kier alpha value is -0.780. The van der Waals surface area contributed by atoms with E-state index in [1.165, 1.54) is 4.90 Å². The monoisotopic (exact) mass is 226 g/mol. The second kappa shape index (κ2) is 5.95. The van der Waals surface area contributed by atoms with Gasteiger partial charge in [-0.05, 0) is 19.9 Å². The third-order valence-corrected chi connectivity index (χ3v) is 1.90. The van der Waals surface area contributed by atoms with Gasteiger partial charge in [0.05, 0.1) is 6.04 Å². The summed E-state index contributed by atoms with van der Waals surface area (Å²) >= 11 is 0. The first-order valence-electron chi connectivity index (χ1n) is 4.75. The second-order valence-electron chi connectivity index (χ2n) is 3.63. The van der Waals surface area contributed by atoms with Gasteiger partial charge in [0.2, 0.25) is 5.91 Å². The van der Waals surface area contributed by atoms with Crippen LogP contribution in [0.2, 0.25) is 0 Å². The van der Waals surface area contributed by atoms with Crippen molar-refractivity contribution in [3.8, 4) is 0 Å². The van der Waals surface area contributed by atoms with Crippen LogP contribution in [0.3, 0.4) is 0 Å². The molecular formula is C9H17F3N2O. The Bertz CT molecular complexity index is 204. The molecule has 1 amide bonds. The number of amides is 1. The Balaban J connectivity index is 3.65. The Morgan fingerprint density at radius 3 is 2.33 bits per heavy atom. The van der Waals surface area contributed by atoms with Crippen LogP contribution in [0.15, 0.2) is 0 Å². The number of halogens is 3. The molecule has 0 rings (SSSR count). The molecule has 0 aromatic heterocycles. The van der Waals surface area contributed by atoms with Crippen molar-refractivity contribution < 1.29 is 18.0 Å². The highest BCUT2D eigenvalue weighted by atomic mass is 19.4. The summed E-state index contributed by atoms with van der Waals surface area (Å²) in [6.45, 7) is 1.83. The molecule has 0 heterocycles. The number of likely N-dealkylation sites (N-methyl/N-ethyl adjacent to an activating group) is 1. The van der Waals surface area contributed by atoms with Gasteiger partial charge in [-0.15, -0.1) is 0 Å². The molecule has 0 aromatic rings. The van der Waals surface area contributed by atoms with Gasteiger partial charge in [-0.1, -0.05) is 0 Å². The maximum atomic E-state index is 11.8. The zero-order chi connectivity index (χ0) is 12.1. The summed E-state index contributed by atoms with van der Waals surface area (Å²) < 4.78 is 35.3. The van der Waals surface area contributed by atoms with Gasteiger partial charge in [0.1, 0.15) is 0 Å². The first-order chi connectivity index (χ1) is 6.74. The lowest BCUT2D eigenvalue weighted by molar-refractivity contribution is -0.135. The number of nitrogens with one attached hydrogen (secondary N) is 1. The van der Waals surface area contributed by atoms with Gasteiger partial charge in [0.25, 0.3) is 0 Å². The third-order valence-electron chi connectivity index (χ3n) is 1.90. The molecule has 0 saturated heterocycles. The zero-order valence-electron chi connectivity index (χ0n) is 9.19. The largest absolute Gasteiger partial charge is 0.389 e. The quantitative estimate of drug-likeness (QED) is 0.718. The van der Waals surface area contributed by atoms with E-state index in [1.807, 2.05) is 0 Å². The molecule has 0 aliphatic rings. The molecule has 0 aliphatic heterocycles. The van der Waals surface area contributed by atoms with Gasteiger partial charge in [-0.25, -0.2) is 0 Å².